The predicted molar refractivity (Wildman–Crippen MR) is 78.0 cm³/mol. The third kappa shape index (κ3) is 23.7. The largest absolute Gasteiger partial charge is 0.0654 e. The van der Waals surface area contributed by atoms with Crippen LogP contribution in [0.3, 0.4) is 0 Å². The van der Waals surface area contributed by atoms with Gasteiger partial charge >= 0.3 is 0 Å². The van der Waals surface area contributed by atoms with Gasteiger partial charge in [-0.15, -0.1) is 0 Å². The van der Waals surface area contributed by atoms with Gasteiger partial charge in [0.25, 0.3) is 0 Å². The lowest BCUT2D eigenvalue weighted by Gasteiger charge is -2.05. The Kier molecular flexibility index (Phi) is 17.2. The average molecular weight is 228 g/mol. The van der Waals surface area contributed by atoms with Crippen LogP contribution in [-0.4, -0.2) is 0 Å². The Hall–Kier alpha value is 0. The molecule has 0 rings (SSSR count). The van der Waals surface area contributed by atoms with Crippen LogP contribution < -0.4 is 0 Å². The summed E-state index contributed by atoms with van der Waals surface area (Å²) in [5.74, 6) is 1.75. The average Bonchev–Trinajstić information content (AvgIpc) is 2.16. The van der Waals surface area contributed by atoms with Gasteiger partial charge in [-0.2, -0.15) is 0 Å². The van der Waals surface area contributed by atoms with Crippen molar-refractivity contribution in [2.75, 3.05) is 0 Å². The maximum absolute atomic E-state index is 2.26. The minimum absolute atomic E-state index is 0.875. The van der Waals surface area contributed by atoms with Crippen LogP contribution in [0.5, 0.6) is 0 Å². The van der Waals surface area contributed by atoms with Crippen molar-refractivity contribution < 1.29 is 0 Å². The summed E-state index contributed by atoms with van der Waals surface area (Å²) in [6, 6.07) is 0. The Morgan fingerprint density at radius 3 is 1.06 bits per heavy atom. The van der Waals surface area contributed by atoms with Crippen molar-refractivity contribution in [1.29, 1.82) is 0 Å². The van der Waals surface area contributed by atoms with Gasteiger partial charge in [0.15, 0.2) is 0 Å². The highest BCUT2D eigenvalue weighted by atomic mass is 14.0. The van der Waals surface area contributed by atoms with E-state index < -0.39 is 0 Å². The van der Waals surface area contributed by atoms with Gasteiger partial charge in [0.1, 0.15) is 0 Å². The summed E-state index contributed by atoms with van der Waals surface area (Å²) in [5.41, 5.74) is 0. The lowest BCUT2D eigenvalue weighted by Crippen LogP contribution is -1.93. The quantitative estimate of drug-likeness (QED) is 0.419. The third-order valence-electron chi connectivity index (χ3n) is 2.65. The van der Waals surface area contributed by atoms with Gasteiger partial charge in [0.05, 0.1) is 0 Å². The molecule has 0 nitrogen and oxygen atoms in total. The Labute approximate surface area is 105 Å². The van der Waals surface area contributed by atoms with E-state index in [9.17, 15) is 0 Å². The summed E-state index contributed by atoms with van der Waals surface area (Å²) >= 11 is 0. The lowest BCUT2D eigenvalue weighted by molar-refractivity contribution is 0.469. The zero-order valence-electron chi connectivity index (χ0n) is 12.8. The van der Waals surface area contributed by atoms with Gasteiger partial charge in [0.2, 0.25) is 0 Å². The standard InChI is InChI=1S/C9H20.C7H16/c1-3-5-7-9-8-6-4-2;1-6(2)5-7(3)4/h3-9H2,1-2H3;6-7H,5H2,1-4H3. The summed E-state index contributed by atoms with van der Waals surface area (Å²) in [7, 11) is 0. The number of rotatable bonds is 8. The van der Waals surface area contributed by atoms with E-state index in [1.807, 2.05) is 0 Å². The van der Waals surface area contributed by atoms with Crippen molar-refractivity contribution in [3.8, 4) is 0 Å². The summed E-state index contributed by atoms with van der Waals surface area (Å²) in [6.45, 7) is 13.6. The van der Waals surface area contributed by atoms with Crippen LogP contribution in [0.15, 0.2) is 0 Å². The molecule has 0 heteroatoms. The maximum Gasteiger partial charge on any atom is -0.0469 e. The van der Waals surface area contributed by atoms with E-state index >= 15 is 0 Å². The summed E-state index contributed by atoms with van der Waals surface area (Å²) in [6.07, 6.45) is 11.3. The fraction of sp³-hybridized carbons (Fsp3) is 1.00. The van der Waals surface area contributed by atoms with E-state index in [0.717, 1.165) is 11.8 Å². The number of hydrogen-bond acceptors (Lipinski definition) is 0. The molecule has 0 aromatic carbocycles. The molecule has 0 unspecified atom stereocenters. The van der Waals surface area contributed by atoms with Crippen LogP contribution in [0.25, 0.3) is 0 Å². The molecule has 0 amide bonds. The zero-order chi connectivity index (χ0) is 12.8. The molecule has 0 bridgehead atoms. The van der Waals surface area contributed by atoms with E-state index in [1.165, 1.54) is 51.4 Å². The number of hydrogen-bond donors (Lipinski definition) is 0. The van der Waals surface area contributed by atoms with Gasteiger partial charge in [0, 0.05) is 0 Å². The highest BCUT2D eigenvalue weighted by Gasteiger charge is 1.95. The molecule has 100 valence electrons. The van der Waals surface area contributed by atoms with Gasteiger partial charge in [-0.3, -0.25) is 0 Å². The maximum atomic E-state index is 2.26. The fourth-order valence-corrected chi connectivity index (χ4v) is 1.97. The van der Waals surface area contributed by atoms with Crippen LogP contribution in [-0.2, 0) is 0 Å². The topological polar surface area (TPSA) is 0 Å². The van der Waals surface area contributed by atoms with Crippen molar-refractivity contribution in [2.24, 2.45) is 11.8 Å². The van der Waals surface area contributed by atoms with Crippen molar-refractivity contribution in [1.82, 2.24) is 0 Å². The molecule has 0 aliphatic heterocycles. The molecule has 0 aliphatic rings. The molecule has 0 radical (unpaired) electrons. The van der Waals surface area contributed by atoms with Gasteiger partial charge < -0.3 is 0 Å². The molecular formula is C16H36. The van der Waals surface area contributed by atoms with Crippen LogP contribution in [0, 0.1) is 11.8 Å². The molecule has 0 aliphatic carbocycles. The van der Waals surface area contributed by atoms with Gasteiger partial charge in [-0.1, -0.05) is 86.5 Å². The van der Waals surface area contributed by atoms with E-state index in [2.05, 4.69) is 41.5 Å². The summed E-state index contributed by atoms with van der Waals surface area (Å²) in [5, 5.41) is 0. The highest BCUT2D eigenvalue weighted by molar-refractivity contribution is 4.47. The molecule has 0 fully saturated rings. The third-order valence-corrected chi connectivity index (χ3v) is 2.65. The van der Waals surface area contributed by atoms with Crippen molar-refractivity contribution in [3.63, 3.8) is 0 Å². The van der Waals surface area contributed by atoms with Gasteiger partial charge in [-0.05, 0) is 18.3 Å². The Morgan fingerprint density at radius 2 is 0.875 bits per heavy atom. The SMILES string of the molecule is CC(C)CC(C)C.CCCCCCCCC. The first-order valence-corrected chi connectivity index (χ1v) is 7.54. The van der Waals surface area contributed by atoms with E-state index in [4.69, 9.17) is 0 Å². The first-order valence-electron chi connectivity index (χ1n) is 7.54. The van der Waals surface area contributed by atoms with E-state index in [1.54, 1.807) is 0 Å². The molecule has 0 saturated carbocycles. The first-order chi connectivity index (χ1) is 7.54. The molecule has 0 spiro atoms. The molecule has 16 heavy (non-hydrogen) atoms. The van der Waals surface area contributed by atoms with Crippen LogP contribution >= 0.6 is 0 Å². The van der Waals surface area contributed by atoms with Crippen molar-refractivity contribution >= 4 is 0 Å². The molecule has 0 atom stereocenters. The summed E-state index contributed by atoms with van der Waals surface area (Å²) < 4.78 is 0. The highest BCUT2D eigenvalue weighted by Crippen LogP contribution is 2.08. The monoisotopic (exact) mass is 228 g/mol. The molecule has 0 aromatic rings. The van der Waals surface area contributed by atoms with Crippen LogP contribution in [0.4, 0.5) is 0 Å². The second-order valence-electron chi connectivity index (χ2n) is 5.79. The molecule has 0 N–H and O–H groups in total. The zero-order valence-corrected chi connectivity index (χ0v) is 12.8. The molecule has 0 aromatic heterocycles. The van der Waals surface area contributed by atoms with E-state index in [-0.39, 0.29) is 0 Å². The van der Waals surface area contributed by atoms with Gasteiger partial charge in [-0.25, -0.2) is 0 Å². The Morgan fingerprint density at radius 1 is 0.562 bits per heavy atom. The predicted octanol–water partition coefficient (Wildman–Crippen LogP) is 6.45. The summed E-state index contributed by atoms with van der Waals surface area (Å²) in [4.78, 5) is 0. The first kappa shape index (κ1) is 18.4. The second-order valence-corrected chi connectivity index (χ2v) is 5.79. The smallest absolute Gasteiger partial charge is 0.0469 e. The second kappa shape index (κ2) is 15.0. The molecule has 0 heterocycles. The van der Waals surface area contributed by atoms with Crippen molar-refractivity contribution in [2.45, 2.75) is 92.9 Å². The molecular weight excluding hydrogens is 192 g/mol. The minimum Gasteiger partial charge on any atom is -0.0654 e. The van der Waals surface area contributed by atoms with Crippen molar-refractivity contribution in [3.05, 3.63) is 0 Å². The Bertz CT molecular complexity index is 90.6. The van der Waals surface area contributed by atoms with Crippen LogP contribution in [0.1, 0.15) is 92.9 Å². The van der Waals surface area contributed by atoms with E-state index in [0.29, 0.717) is 0 Å². The fourth-order valence-electron chi connectivity index (χ4n) is 1.97. The normalized spacial score (nSPS) is 10.5. The number of unbranched alkanes of at least 4 members (excludes halogenated alkanes) is 6. The minimum atomic E-state index is 0.875. The lowest BCUT2D eigenvalue weighted by atomic mass is 10.0. The van der Waals surface area contributed by atoms with Crippen LogP contribution in [0.2, 0.25) is 0 Å². The molecule has 0 saturated heterocycles. The Balaban J connectivity index is 0.